The number of carbonyl (C=O) groups is 2. The van der Waals surface area contributed by atoms with Crippen LogP contribution in [0.5, 0.6) is 5.75 Å². The highest BCUT2D eigenvalue weighted by Gasteiger charge is 2.30. The van der Waals surface area contributed by atoms with Crippen LogP contribution in [0.15, 0.2) is 84.9 Å². The molecule has 1 unspecified atom stereocenters. The van der Waals surface area contributed by atoms with E-state index in [1.54, 1.807) is 29.2 Å². The summed E-state index contributed by atoms with van der Waals surface area (Å²) >= 11 is 6.17. The SMILES string of the molecule is O=C(NCCCO)C(Cc1ccccc1)N(Cc1ccccc1)C(=O)COc1ccccc1Cl. The lowest BCUT2D eigenvalue weighted by molar-refractivity contribution is -0.142. The number of aliphatic hydroxyl groups excluding tert-OH is 1. The van der Waals surface area contributed by atoms with Crippen molar-refractivity contribution < 1.29 is 19.4 Å². The van der Waals surface area contributed by atoms with Crippen LogP contribution in [-0.2, 0) is 22.6 Å². The van der Waals surface area contributed by atoms with Crippen molar-refractivity contribution in [1.29, 1.82) is 0 Å². The molecule has 3 aromatic rings. The molecule has 3 aromatic carbocycles. The summed E-state index contributed by atoms with van der Waals surface area (Å²) in [6, 6.07) is 25.3. The van der Waals surface area contributed by atoms with Gasteiger partial charge in [0.2, 0.25) is 5.91 Å². The lowest BCUT2D eigenvalue weighted by Crippen LogP contribution is -2.51. The van der Waals surface area contributed by atoms with Crippen LogP contribution in [0.4, 0.5) is 0 Å². The third-order valence-corrected chi connectivity index (χ3v) is 5.60. The summed E-state index contributed by atoms with van der Waals surface area (Å²) in [4.78, 5) is 28.2. The molecule has 0 aromatic heterocycles. The van der Waals surface area contributed by atoms with Gasteiger partial charge in [0.25, 0.3) is 5.91 Å². The molecule has 0 radical (unpaired) electrons. The lowest BCUT2D eigenvalue weighted by atomic mass is 10.0. The Labute approximate surface area is 205 Å². The summed E-state index contributed by atoms with van der Waals surface area (Å²) in [6.45, 7) is 0.286. The Morgan fingerprint density at radius 2 is 1.53 bits per heavy atom. The van der Waals surface area contributed by atoms with Gasteiger partial charge in [0.05, 0.1) is 5.02 Å². The number of hydrogen-bond donors (Lipinski definition) is 2. The van der Waals surface area contributed by atoms with Gasteiger partial charge in [0.15, 0.2) is 6.61 Å². The van der Waals surface area contributed by atoms with E-state index in [-0.39, 0.29) is 31.6 Å². The summed E-state index contributed by atoms with van der Waals surface area (Å²) in [7, 11) is 0. The molecular weight excluding hydrogens is 452 g/mol. The van der Waals surface area contributed by atoms with Gasteiger partial charge in [-0.3, -0.25) is 9.59 Å². The second-order valence-electron chi connectivity index (χ2n) is 7.80. The minimum Gasteiger partial charge on any atom is -0.482 e. The summed E-state index contributed by atoms with van der Waals surface area (Å²) in [6.07, 6.45) is 0.780. The Morgan fingerprint density at radius 3 is 2.18 bits per heavy atom. The maximum atomic E-state index is 13.4. The molecule has 0 aliphatic carbocycles. The van der Waals surface area contributed by atoms with Crippen molar-refractivity contribution in [2.45, 2.75) is 25.4 Å². The van der Waals surface area contributed by atoms with Crippen LogP contribution in [-0.4, -0.2) is 47.6 Å². The third kappa shape index (κ3) is 7.61. The van der Waals surface area contributed by atoms with E-state index in [0.717, 1.165) is 11.1 Å². The third-order valence-electron chi connectivity index (χ3n) is 5.29. The highest BCUT2D eigenvalue weighted by Crippen LogP contribution is 2.23. The molecule has 0 bridgehead atoms. The molecule has 7 heteroatoms. The minimum atomic E-state index is -0.761. The topological polar surface area (TPSA) is 78.9 Å². The van der Waals surface area contributed by atoms with E-state index in [2.05, 4.69) is 5.32 Å². The largest absolute Gasteiger partial charge is 0.482 e. The molecule has 2 N–H and O–H groups in total. The maximum Gasteiger partial charge on any atom is 0.261 e. The van der Waals surface area contributed by atoms with Gasteiger partial charge in [0, 0.05) is 26.1 Å². The van der Waals surface area contributed by atoms with E-state index in [1.165, 1.54) is 0 Å². The van der Waals surface area contributed by atoms with E-state index in [9.17, 15) is 9.59 Å². The number of hydrogen-bond acceptors (Lipinski definition) is 4. The van der Waals surface area contributed by atoms with Gasteiger partial charge in [-0.1, -0.05) is 84.4 Å². The summed E-state index contributed by atoms with van der Waals surface area (Å²) in [5.74, 6) is -0.203. The fourth-order valence-electron chi connectivity index (χ4n) is 3.53. The first-order valence-corrected chi connectivity index (χ1v) is 11.6. The number of benzene rings is 3. The first-order chi connectivity index (χ1) is 16.6. The predicted molar refractivity (Wildman–Crippen MR) is 133 cm³/mol. The van der Waals surface area contributed by atoms with Crippen molar-refractivity contribution in [3.63, 3.8) is 0 Å². The molecule has 0 aliphatic rings. The number of rotatable bonds is 12. The van der Waals surface area contributed by atoms with Crippen LogP contribution in [0, 0.1) is 0 Å². The number of aliphatic hydroxyl groups is 1. The molecule has 0 spiro atoms. The zero-order chi connectivity index (χ0) is 24.2. The smallest absolute Gasteiger partial charge is 0.261 e. The van der Waals surface area contributed by atoms with Crippen molar-refractivity contribution in [1.82, 2.24) is 10.2 Å². The van der Waals surface area contributed by atoms with Crippen LogP contribution in [0.2, 0.25) is 5.02 Å². The number of nitrogens with one attached hydrogen (secondary N) is 1. The fraction of sp³-hybridized carbons (Fsp3) is 0.259. The number of halogens is 1. The highest BCUT2D eigenvalue weighted by molar-refractivity contribution is 6.32. The Bertz CT molecular complexity index is 1050. The molecular formula is C27H29ClN2O4. The Hall–Kier alpha value is -3.35. The summed E-state index contributed by atoms with van der Waals surface area (Å²) in [5.41, 5.74) is 1.83. The number of carbonyl (C=O) groups excluding carboxylic acids is 2. The highest BCUT2D eigenvalue weighted by atomic mass is 35.5. The molecule has 1 atom stereocenters. The second-order valence-corrected chi connectivity index (χ2v) is 8.21. The average Bonchev–Trinajstić information content (AvgIpc) is 2.87. The van der Waals surface area contributed by atoms with E-state index in [0.29, 0.717) is 30.2 Å². The molecule has 3 rings (SSSR count). The Morgan fingerprint density at radius 1 is 0.912 bits per heavy atom. The van der Waals surface area contributed by atoms with Gasteiger partial charge in [-0.15, -0.1) is 0 Å². The molecule has 0 aliphatic heterocycles. The average molecular weight is 481 g/mol. The number of para-hydroxylation sites is 1. The van der Waals surface area contributed by atoms with Gasteiger partial charge in [-0.25, -0.2) is 0 Å². The van der Waals surface area contributed by atoms with Gasteiger partial charge in [-0.2, -0.15) is 0 Å². The van der Waals surface area contributed by atoms with E-state index >= 15 is 0 Å². The monoisotopic (exact) mass is 480 g/mol. The maximum absolute atomic E-state index is 13.4. The first-order valence-electron chi connectivity index (χ1n) is 11.2. The molecule has 6 nitrogen and oxygen atoms in total. The van der Waals surface area contributed by atoms with Gasteiger partial charge >= 0.3 is 0 Å². The fourth-order valence-corrected chi connectivity index (χ4v) is 3.72. The second kappa shape index (κ2) is 13.4. The van der Waals surface area contributed by atoms with Crippen molar-refractivity contribution in [3.8, 4) is 5.75 Å². The van der Waals surface area contributed by atoms with Crippen LogP contribution < -0.4 is 10.1 Å². The van der Waals surface area contributed by atoms with Crippen LogP contribution in [0.25, 0.3) is 0 Å². The molecule has 0 saturated heterocycles. The standard InChI is InChI=1S/C27H29ClN2O4/c28-23-14-7-8-15-25(23)34-20-26(32)30(19-22-12-5-2-6-13-22)24(27(33)29-16-9-17-31)18-21-10-3-1-4-11-21/h1-8,10-15,24,31H,9,16-20H2,(H,29,33). The number of nitrogens with zero attached hydrogens (tertiary/aromatic N) is 1. The van der Waals surface area contributed by atoms with Crippen LogP contribution in [0.1, 0.15) is 17.5 Å². The lowest BCUT2D eigenvalue weighted by Gasteiger charge is -2.31. The van der Waals surface area contributed by atoms with E-state index in [1.807, 2.05) is 60.7 Å². The molecule has 0 fully saturated rings. The number of ether oxygens (including phenoxy) is 1. The van der Waals surface area contributed by atoms with E-state index < -0.39 is 6.04 Å². The quantitative estimate of drug-likeness (QED) is 0.386. The van der Waals surface area contributed by atoms with Crippen molar-refractivity contribution in [3.05, 3.63) is 101 Å². The molecule has 0 saturated carbocycles. The van der Waals surface area contributed by atoms with Crippen LogP contribution in [0.3, 0.4) is 0 Å². The number of amides is 2. The van der Waals surface area contributed by atoms with Crippen molar-refractivity contribution in [2.24, 2.45) is 0 Å². The van der Waals surface area contributed by atoms with Crippen molar-refractivity contribution >= 4 is 23.4 Å². The van der Waals surface area contributed by atoms with Gasteiger partial charge in [-0.05, 0) is 29.7 Å². The first kappa shape index (κ1) is 25.3. The van der Waals surface area contributed by atoms with Gasteiger partial charge < -0.3 is 20.1 Å². The Kier molecular flexibility index (Phi) is 9.95. The van der Waals surface area contributed by atoms with E-state index in [4.69, 9.17) is 21.4 Å². The van der Waals surface area contributed by atoms with Crippen molar-refractivity contribution in [2.75, 3.05) is 19.8 Å². The molecule has 34 heavy (non-hydrogen) atoms. The normalized spacial score (nSPS) is 11.5. The zero-order valence-electron chi connectivity index (χ0n) is 18.9. The van der Waals surface area contributed by atoms with Crippen LogP contribution >= 0.6 is 11.6 Å². The zero-order valence-corrected chi connectivity index (χ0v) is 19.7. The summed E-state index contributed by atoms with van der Waals surface area (Å²) in [5, 5.41) is 12.4. The molecule has 0 heterocycles. The van der Waals surface area contributed by atoms with Gasteiger partial charge in [0.1, 0.15) is 11.8 Å². The molecule has 178 valence electrons. The predicted octanol–water partition coefficient (Wildman–Crippen LogP) is 3.86. The Balaban J connectivity index is 1.86. The summed E-state index contributed by atoms with van der Waals surface area (Å²) < 4.78 is 5.71. The minimum absolute atomic E-state index is 0.0258. The molecule has 2 amide bonds.